The number of rotatable bonds is 5. The van der Waals surface area contributed by atoms with Crippen LogP contribution in [0.2, 0.25) is 10.0 Å². The summed E-state index contributed by atoms with van der Waals surface area (Å²) in [6.45, 7) is 2.67. The second kappa shape index (κ2) is 8.69. The quantitative estimate of drug-likeness (QED) is 0.333. The second-order valence-electron chi connectivity index (χ2n) is 6.79. The zero-order valence-electron chi connectivity index (χ0n) is 16.1. The second-order valence-corrected chi connectivity index (χ2v) is 7.61. The summed E-state index contributed by atoms with van der Waals surface area (Å²) in [6, 6.07) is 17.1. The highest BCUT2D eigenvalue weighted by Gasteiger charge is 2.13. The summed E-state index contributed by atoms with van der Waals surface area (Å²) in [5.74, 6) is -0.309. The Morgan fingerprint density at radius 2 is 1.97 bits per heavy atom. The van der Waals surface area contributed by atoms with Gasteiger partial charge in [0, 0.05) is 41.1 Å². The fraction of sp³-hybridized carbons (Fsp3) is 0.0870. The van der Waals surface area contributed by atoms with Gasteiger partial charge in [0.05, 0.1) is 21.8 Å². The van der Waals surface area contributed by atoms with Gasteiger partial charge < -0.3 is 4.57 Å². The Kier molecular flexibility index (Phi) is 5.84. The number of pyridine rings is 1. The maximum Gasteiger partial charge on any atom is 0.272 e. The van der Waals surface area contributed by atoms with E-state index in [0.29, 0.717) is 22.2 Å². The number of aromatic nitrogens is 2. The number of nitrogens with one attached hydrogen (secondary N) is 1. The molecule has 30 heavy (non-hydrogen) atoms. The topological polar surface area (TPSA) is 59.3 Å². The minimum Gasteiger partial charge on any atom is -0.340 e. The van der Waals surface area contributed by atoms with Crippen LogP contribution in [0, 0.1) is 6.92 Å². The number of hydrogen-bond donors (Lipinski definition) is 1. The Bertz CT molecular complexity index is 1250. The molecule has 1 N–H and O–H groups in total. The predicted octanol–water partition coefficient (Wildman–Crippen LogP) is 5.46. The molecule has 2 heterocycles. The number of amides is 1. The van der Waals surface area contributed by atoms with Crippen molar-refractivity contribution in [2.24, 2.45) is 5.10 Å². The molecule has 2 aromatic carbocycles. The van der Waals surface area contributed by atoms with Crippen molar-refractivity contribution in [3.8, 4) is 0 Å². The lowest BCUT2D eigenvalue weighted by molar-refractivity contribution is 0.0955. The third-order valence-electron chi connectivity index (χ3n) is 4.89. The highest BCUT2D eigenvalue weighted by atomic mass is 35.5. The maximum absolute atomic E-state index is 12.2. The van der Waals surface area contributed by atoms with Crippen molar-refractivity contribution in [2.75, 3.05) is 0 Å². The minimum absolute atomic E-state index is 0.309. The molecule has 0 aliphatic carbocycles. The van der Waals surface area contributed by atoms with Gasteiger partial charge in [-0.05, 0) is 42.8 Å². The molecule has 4 aromatic rings. The van der Waals surface area contributed by atoms with Gasteiger partial charge in [0.1, 0.15) is 0 Å². The molecule has 0 fully saturated rings. The summed E-state index contributed by atoms with van der Waals surface area (Å²) < 4.78 is 2.19. The molecule has 1 amide bonds. The van der Waals surface area contributed by atoms with Gasteiger partial charge in [-0.25, -0.2) is 5.43 Å². The molecule has 0 bridgehead atoms. The van der Waals surface area contributed by atoms with Gasteiger partial charge in [-0.2, -0.15) is 5.10 Å². The Hall–Kier alpha value is -3.15. The first-order chi connectivity index (χ1) is 14.5. The first kappa shape index (κ1) is 20.1. The standard InChI is InChI=1S/C23H18Cl2N4O/c1-15-19(13-27-28-23(30)17-5-4-10-26-12-17)18-6-2-3-7-22(18)29(15)14-16-8-9-20(24)21(25)11-16/h2-13H,14H2,1H3,(H,28,30). The summed E-state index contributed by atoms with van der Waals surface area (Å²) in [5.41, 5.74) is 7.10. The van der Waals surface area contributed by atoms with Crippen molar-refractivity contribution >= 4 is 46.2 Å². The summed E-state index contributed by atoms with van der Waals surface area (Å²) in [4.78, 5) is 16.1. The molecule has 0 atom stereocenters. The number of carbonyl (C=O) groups excluding carboxylic acids is 1. The summed E-state index contributed by atoms with van der Waals surface area (Å²) >= 11 is 12.2. The van der Waals surface area contributed by atoms with E-state index in [-0.39, 0.29) is 5.91 Å². The molecular formula is C23H18Cl2N4O. The van der Waals surface area contributed by atoms with Crippen LogP contribution in [0.15, 0.2) is 72.1 Å². The lowest BCUT2D eigenvalue weighted by Gasteiger charge is -2.09. The molecular weight excluding hydrogens is 419 g/mol. The normalized spacial score (nSPS) is 11.3. The van der Waals surface area contributed by atoms with E-state index in [2.05, 4.69) is 26.1 Å². The van der Waals surface area contributed by atoms with Crippen LogP contribution in [0.5, 0.6) is 0 Å². The Labute approximate surface area is 184 Å². The number of nitrogens with zero attached hydrogens (tertiary/aromatic N) is 3. The highest BCUT2D eigenvalue weighted by Crippen LogP contribution is 2.27. The van der Waals surface area contributed by atoms with Crippen LogP contribution >= 0.6 is 23.2 Å². The number of halogens is 2. The zero-order valence-corrected chi connectivity index (χ0v) is 17.7. The van der Waals surface area contributed by atoms with Gasteiger partial charge in [0.25, 0.3) is 5.91 Å². The first-order valence-corrected chi connectivity index (χ1v) is 10.1. The molecule has 2 aromatic heterocycles. The maximum atomic E-state index is 12.2. The summed E-state index contributed by atoms with van der Waals surface area (Å²) in [6.07, 6.45) is 4.79. The third-order valence-corrected chi connectivity index (χ3v) is 5.63. The van der Waals surface area contributed by atoms with E-state index in [9.17, 15) is 4.79 Å². The zero-order chi connectivity index (χ0) is 21.1. The molecule has 4 rings (SSSR count). The van der Waals surface area contributed by atoms with E-state index >= 15 is 0 Å². The van der Waals surface area contributed by atoms with Crippen molar-refractivity contribution in [2.45, 2.75) is 13.5 Å². The van der Waals surface area contributed by atoms with Crippen LogP contribution in [0.1, 0.15) is 27.2 Å². The lowest BCUT2D eigenvalue weighted by atomic mass is 10.1. The van der Waals surface area contributed by atoms with E-state index in [4.69, 9.17) is 23.2 Å². The highest BCUT2D eigenvalue weighted by molar-refractivity contribution is 6.42. The van der Waals surface area contributed by atoms with Crippen LogP contribution < -0.4 is 5.43 Å². The Balaban J connectivity index is 1.65. The van der Waals surface area contributed by atoms with Gasteiger partial charge in [-0.15, -0.1) is 0 Å². The van der Waals surface area contributed by atoms with E-state index in [0.717, 1.165) is 27.7 Å². The van der Waals surface area contributed by atoms with Crippen molar-refractivity contribution in [3.63, 3.8) is 0 Å². The Morgan fingerprint density at radius 3 is 2.73 bits per heavy atom. The number of hydrogen-bond acceptors (Lipinski definition) is 3. The molecule has 5 nitrogen and oxygen atoms in total. The summed E-state index contributed by atoms with van der Waals surface area (Å²) in [5, 5.41) is 6.29. The SMILES string of the molecule is Cc1c(C=NNC(=O)c2cccnc2)c2ccccc2n1Cc1ccc(Cl)c(Cl)c1. The van der Waals surface area contributed by atoms with Gasteiger partial charge in [0.15, 0.2) is 0 Å². The molecule has 7 heteroatoms. The van der Waals surface area contributed by atoms with Gasteiger partial charge >= 0.3 is 0 Å². The fourth-order valence-corrected chi connectivity index (χ4v) is 3.68. The molecule has 0 spiro atoms. The minimum atomic E-state index is -0.309. The number of para-hydroxylation sites is 1. The number of hydrazone groups is 1. The predicted molar refractivity (Wildman–Crippen MR) is 122 cm³/mol. The first-order valence-electron chi connectivity index (χ1n) is 9.30. The fourth-order valence-electron chi connectivity index (χ4n) is 3.36. The number of carbonyl (C=O) groups is 1. The van der Waals surface area contributed by atoms with Gasteiger partial charge in [0.2, 0.25) is 0 Å². The van der Waals surface area contributed by atoms with Gasteiger partial charge in [-0.3, -0.25) is 9.78 Å². The monoisotopic (exact) mass is 436 g/mol. The van der Waals surface area contributed by atoms with Crippen LogP contribution in [0.25, 0.3) is 10.9 Å². The molecule has 150 valence electrons. The van der Waals surface area contributed by atoms with Crippen LogP contribution in [-0.4, -0.2) is 21.7 Å². The average Bonchev–Trinajstić information content (AvgIpc) is 3.03. The smallest absolute Gasteiger partial charge is 0.272 e. The summed E-state index contributed by atoms with van der Waals surface area (Å²) in [7, 11) is 0. The Morgan fingerprint density at radius 1 is 1.13 bits per heavy atom. The van der Waals surface area contributed by atoms with Crippen molar-refractivity contribution < 1.29 is 4.79 Å². The van der Waals surface area contributed by atoms with E-state index in [1.165, 1.54) is 6.20 Å². The van der Waals surface area contributed by atoms with Crippen LogP contribution in [0.4, 0.5) is 0 Å². The average molecular weight is 437 g/mol. The lowest BCUT2D eigenvalue weighted by Crippen LogP contribution is -2.17. The van der Waals surface area contributed by atoms with E-state index < -0.39 is 0 Å². The number of benzene rings is 2. The van der Waals surface area contributed by atoms with Crippen molar-refractivity contribution in [3.05, 3.63) is 99.4 Å². The molecule has 0 saturated heterocycles. The van der Waals surface area contributed by atoms with Crippen molar-refractivity contribution in [1.82, 2.24) is 15.0 Å². The molecule has 0 aliphatic rings. The van der Waals surface area contributed by atoms with Gasteiger partial charge in [-0.1, -0.05) is 47.5 Å². The molecule has 0 aliphatic heterocycles. The third kappa shape index (κ3) is 4.08. The number of fused-ring (bicyclic) bond motifs is 1. The molecule has 0 unspecified atom stereocenters. The van der Waals surface area contributed by atoms with Crippen LogP contribution in [0.3, 0.4) is 0 Å². The van der Waals surface area contributed by atoms with E-state index in [1.807, 2.05) is 37.3 Å². The largest absolute Gasteiger partial charge is 0.340 e. The molecule has 0 saturated carbocycles. The molecule has 0 radical (unpaired) electrons. The van der Waals surface area contributed by atoms with Crippen LogP contribution in [-0.2, 0) is 6.54 Å². The van der Waals surface area contributed by atoms with E-state index in [1.54, 1.807) is 30.6 Å². The van der Waals surface area contributed by atoms with Crippen molar-refractivity contribution in [1.29, 1.82) is 0 Å².